The Balaban J connectivity index is 2.18. The molecule has 4 nitrogen and oxygen atoms in total. The number of hydrogen-bond acceptors (Lipinski definition) is 3. The largest absolute Gasteiger partial charge is 0.354 e. The van der Waals surface area contributed by atoms with Crippen molar-refractivity contribution >= 4 is 46.8 Å². The third kappa shape index (κ3) is 8.88. The number of halogens is 2. The molecule has 0 saturated carbocycles. The maximum atomic E-state index is 13.3. The molecule has 0 aliphatic carbocycles. The Morgan fingerprint density at radius 2 is 1.73 bits per heavy atom. The van der Waals surface area contributed by atoms with E-state index in [9.17, 15) is 9.59 Å². The lowest BCUT2D eigenvalue weighted by atomic mass is 10.1. The fourth-order valence-corrected chi connectivity index (χ4v) is 4.98. The molecule has 1 N–H and O–H groups in total. The van der Waals surface area contributed by atoms with Crippen molar-refractivity contribution in [2.45, 2.75) is 59.4 Å². The topological polar surface area (TPSA) is 49.4 Å². The molecule has 1 atom stereocenters. The Labute approximate surface area is 212 Å². The highest BCUT2D eigenvalue weighted by atomic mass is 35.5. The fourth-order valence-electron chi connectivity index (χ4n) is 3.67. The van der Waals surface area contributed by atoms with Crippen molar-refractivity contribution in [3.8, 4) is 0 Å². The standard InChI is InChI=1S/C26H34Cl2N2O2S/c1-6-24(26(32)29-13-17(2)3)30(14-21-7-8-22(27)12-23(21)28)25(31)16-33-15-20-10-18(4)9-19(5)11-20/h7-12,17,24H,6,13-16H2,1-5H3,(H,29,32). The lowest BCUT2D eigenvalue weighted by molar-refractivity contribution is -0.139. The molecule has 0 spiro atoms. The number of nitrogens with one attached hydrogen (secondary N) is 1. The maximum absolute atomic E-state index is 13.3. The van der Waals surface area contributed by atoms with Gasteiger partial charge in [0.1, 0.15) is 6.04 Å². The van der Waals surface area contributed by atoms with E-state index >= 15 is 0 Å². The first-order valence-corrected chi connectivity index (χ1v) is 13.2. The summed E-state index contributed by atoms with van der Waals surface area (Å²) >= 11 is 14.0. The van der Waals surface area contributed by atoms with Gasteiger partial charge in [0.05, 0.1) is 5.75 Å². The summed E-state index contributed by atoms with van der Waals surface area (Å²) < 4.78 is 0. The lowest BCUT2D eigenvalue weighted by Crippen LogP contribution is -2.50. The maximum Gasteiger partial charge on any atom is 0.242 e. The molecule has 1 unspecified atom stereocenters. The zero-order chi connectivity index (χ0) is 24.5. The molecular formula is C26H34Cl2N2O2S. The third-order valence-corrected chi connectivity index (χ3v) is 6.78. The van der Waals surface area contributed by atoms with Gasteiger partial charge >= 0.3 is 0 Å². The highest BCUT2D eigenvalue weighted by molar-refractivity contribution is 7.99. The van der Waals surface area contributed by atoms with Crippen molar-refractivity contribution in [2.24, 2.45) is 5.92 Å². The van der Waals surface area contributed by atoms with E-state index in [1.165, 1.54) is 16.7 Å². The van der Waals surface area contributed by atoms with Gasteiger partial charge in [0.2, 0.25) is 11.8 Å². The predicted octanol–water partition coefficient (Wildman–Crippen LogP) is 6.42. The second-order valence-electron chi connectivity index (χ2n) is 8.81. The minimum absolute atomic E-state index is 0.0815. The summed E-state index contributed by atoms with van der Waals surface area (Å²) in [5.74, 6) is 1.13. The number of carbonyl (C=O) groups is 2. The van der Waals surface area contributed by atoms with Crippen LogP contribution in [0.2, 0.25) is 10.0 Å². The first-order chi connectivity index (χ1) is 15.6. The average Bonchev–Trinajstić information content (AvgIpc) is 2.72. The van der Waals surface area contributed by atoms with Crippen LogP contribution in [-0.2, 0) is 21.9 Å². The van der Waals surface area contributed by atoms with Gasteiger partial charge < -0.3 is 10.2 Å². The molecule has 0 bridgehead atoms. The summed E-state index contributed by atoms with van der Waals surface area (Å²) in [5.41, 5.74) is 4.38. The monoisotopic (exact) mass is 508 g/mol. The van der Waals surface area contributed by atoms with Crippen molar-refractivity contribution in [1.82, 2.24) is 10.2 Å². The number of carbonyl (C=O) groups excluding carboxylic acids is 2. The van der Waals surface area contributed by atoms with Crippen LogP contribution in [0.15, 0.2) is 36.4 Å². The van der Waals surface area contributed by atoms with Gasteiger partial charge in [-0.25, -0.2) is 0 Å². The van der Waals surface area contributed by atoms with E-state index in [4.69, 9.17) is 23.2 Å². The molecule has 0 aliphatic rings. The first-order valence-electron chi connectivity index (χ1n) is 11.3. The minimum Gasteiger partial charge on any atom is -0.354 e. The fraction of sp³-hybridized carbons (Fsp3) is 0.462. The van der Waals surface area contributed by atoms with Crippen LogP contribution in [-0.4, -0.2) is 35.1 Å². The van der Waals surface area contributed by atoms with Gasteiger partial charge in [0, 0.05) is 28.9 Å². The van der Waals surface area contributed by atoms with E-state index in [2.05, 4.69) is 37.4 Å². The lowest BCUT2D eigenvalue weighted by Gasteiger charge is -2.31. The Bertz CT molecular complexity index is 945. The number of nitrogens with zero attached hydrogens (tertiary/aromatic N) is 1. The third-order valence-electron chi connectivity index (χ3n) is 5.20. The Morgan fingerprint density at radius 3 is 2.30 bits per heavy atom. The number of amides is 2. The van der Waals surface area contributed by atoms with Gasteiger partial charge in [-0.2, -0.15) is 0 Å². The first kappa shape index (κ1) is 27.6. The van der Waals surface area contributed by atoms with Crippen molar-refractivity contribution in [3.05, 3.63) is 68.7 Å². The highest BCUT2D eigenvalue weighted by Gasteiger charge is 2.29. The average molecular weight is 510 g/mol. The van der Waals surface area contributed by atoms with Crippen LogP contribution in [0.4, 0.5) is 0 Å². The van der Waals surface area contributed by atoms with Crippen LogP contribution in [0.1, 0.15) is 49.4 Å². The van der Waals surface area contributed by atoms with Crippen molar-refractivity contribution < 1.29 is 9.59 Å². The van der Waals surface area contributed by atoms with Crippen molar-refractivity contribution in [2.75, 3.05) is 12.3 Å². The predicted molar refractivity (Wildman–Crippen MR) is 141 cm³/mol. The summed E-state index contributed by atoms with van der Waals surface area (Å²) in [6.45, 7) is 11.0. The number of benzene rings is 2. The number of hydrogen-bond donors (Lipinski definition) is 1. The zero-order valence-electron chi connectivity index (χ0n) is 20.1. The van der Waals surface area contributed by atoms with Crippen molar-refractivity contribution in [3.63, 3.8) is 0 Å². The molecule has 2 aromatic rings. The molecule has 2 rings (SSSR count). The quantitative estimate of drug-likeness (QED) is 0.380. The van der Waals surface area contributed by atoms with Crippen molar-refractivity contribution in [1.29, 1.82) is 0 Å². The second kappa shape index (κ2) is 13.3. The molecule has 0 heterocycles. The van der Waals surface area contributed by atoms with Crippen LogP contribution in [0, 0.1) is 19.8 Å². The van der Waals surface area contributed by atoms with Crippen LogP contribution in [0.3, 0.4) is 0 Å². The Morgan fingerprint density at radius 1 is 1.06 bits per heavy atom. The van der Waals surface area contributed by atoms with Crippen LogP contribution >= 0.6 is 35.0 Å². The molecular weight excluding hydrogens is 475 g/mol. The van der Waals surface area contributed by atoms with E-state index in [1.54, 1.807) is 28.8 Å². The Kier molecular flexibility index (Phi) is 11.1. The van der Waals surface area contributed by atoms with Crippen LogP contribution in [0.5, 0.6) is 0 Å². The van der Waals surface area contributed by atoms with Gasteiger partial charge in [-0.15, -0.1) is 11.8 Å². The number of rotatable bonds is 11. The van der Waals surface area contributed by atoms with E-state index in [0.717, 1.165) is 11.3 Å². The molecule has 33 heavy (non-hydrogen) atoms. The zero-order valence-corrected chi connectivity index (χ0v) is 22.4. The number of thioether (sulfide) groups is 1. The summed E-state index contributed by atoms with van der Waals surface area (Å²) in [6.07, 6.45) is 0.516. The normalized spacial score (nSPS) is 12.0. The molecule has 0 aromatic heterocycles. The van der Waals surface area contributed by atoms with E-state index in [0.29, 0.717) is 28.9 Å². The van der Waals surface area contributed by atoms with Gasteiger partial charge in [0.25, 0.3) is 0 Å². The smallest absolute Gasteiger partial charge is 0.242 e. The molecule has 2 aromatic carbocycles. The summed E-state index contributed by atoms with van der Waals surface area (Å²) in [5, 5.41) is 4.00. The molecule has 2 amide bonds. The molecule has 0 radical (unpaired) electrons. The van der Waals surface area contributed by atoms with Crippen LogP contribution in [0.25, 0.3) is 0 Å². The minimum atomic E-state index is -0.565. The second-order valence-corrected chi connectivity index (χ2v) is 10.6. The number of aryl methyl sites for hydroxylation is 2. The van der Waals surface area contributed by atoms with Gasteiger partial charge in [-0.05, 0) is 49.4 Å². The molecule has 0 saturated heterocycles. The molecule has 0 fully saturated rings. The summed E-state index contributed by atoms with van der Waals surface area (Å²) in [4.78, 5) is 28.0. The van der Waals surface area contributed by atoms with Gasteiger partial charge in [0.15, 0.2) is 0 Å². The van der Waals surface area contributed by atoms with Crippen LogP contribution < -0.4 is 5.32 Å². The SMILES string of the molecule is CCC(C(=O)NCC(C)C)N(Cc1ccc(Cl)cc1Cl)C(=O)CSCc1cc(C)cc(C)c1. The molecule has 7 heteroatoms. The van der Waals surface area contributed by atoms with E-state index in [1.807, 2.05) is 26.8 Å². The molecule has 180 valence electrons. The van der Waals surface area contributed by atoms with Gasteiger partial charge in [-0.1, -0.05) is 79.4 Å². The molecule has 0 aliphatic heterocycles. The van der Waals surface area contributed by atoms with E-state index < -0.39 is 6.04 Å². The van der Waals surface area contributed by atoms with E-state index in [-0.39, 0.29) is 24.1 Å². The summed E-state index contributed by atoms with van der Waals surface area (Å²) in [6, 6.07) is 11.1. The van der Waals surface area contributed by atoms with Gasteiger partial charge in [-0.3, -0.25) is 9.59 Å². The Hall–Kier alpha value is -1.69. The summed E-state index contributed by atoms with van der Waals surface area (Å²) in [7, 11) is 0. The highest BCUT2D eigenvalue weighted by Crippen LogP contribution is 2.25.